The Balaban J connectivity index is 1.92. The van der Waals surface area contributed by atoms with E-state index in [9.17, 15) is 9.90 Å². The first kappa shape index (κ1) is 17.4. The zero-order valence-corrected chi connectivity index (χ0v) is 14.4. The molecule has 23 heavy (non-hydrogen) atoms. The van der Waals surface area contributed by atoms with Crippen LogP contribution < -0.4 is 10.2 Å². The minimum Gasteiger partial charge on any atom is -0.387 e. The summed E-state index contributed by atoms with van der Waals surface area (Å²) >= 11 is 1.65. The molecular formula is C18H22N2O2S. The van der Waals surface area contributed by atoms with Crippen LogP contribution in [0.4, 0.5) is 5.69 Å². The molecule has 5 heteroatoms. The van der Waals surface area contributed by atoms with E-state index in [1.165, 1.54) is 0 Å². The lowest BCUT2D eigenvalue weighted by atomic mass is 10.1. The van der Waals surface area contributed by atoms with Crippen LogP contribution in [0.25, 0.3) is 0 Å². The van der Waals surface area contributed by atoms with Crippen LogP contribution in [-0.4, -0.2) is 37.9 Å². The summed E-state index contributed by atoms with van der Waals surface area (Å²) < 4.78 is 0. The molecule has 1 atom stereocenters. The van der Waals surface area contributed by atoms with Gasteiger partial charge in [0.25, 0.3) is 5.91 Å². The van der Waals surface area contributed by atoms with Crippen molar-refractivity contribution >= 4 is 23.4 Å². The van der Waals surface area contributed by atoms with Gasteiger partial charge >= 0.3 is 0 Å². The van der Waals surface area contributed by atoms with E-state index in [1.807, 2.05) is 61.6 Å². The lowest BCUT2D eigenvalue weighted by molar-refractivity contribution is 0.0916. The van der Waals surface area contributed by atoms with Crippen LogP contribution in [0, 0.1) is 0 Å². The SMILES string of the molecule is CSc1ccc(C(O)CNC(=O)c2ccc(N(C)C)cc2)cc1. The number of nitrogens with one attached hydrogen (secondary N) is 1. The fourth-order valence-corrected chi connectivity index (χ4v) is 2.55. The van der Waals surface area contributed by atoms with E-state index in [4.69, 9.17) is 0 Å². The standard InChI is InChI=1S/C18H22N2O2S/c1-20(2)15-8-4-14(5-9-15)18(22)19-12-17(21)13-6-10-16(23-3)11-7-13/h4-11,17,21H,12H2,1-3H3,(H,19,22). The lowest BCUT2D eigenvalue weighted by Gasteiger charge is -2.14. The van der Waals surface area contributed by atoms with Crippen molar-refractivity contribution in [3.05, 3.63) is 59.7 Å². The quantitative estimate of drug-likeness (QED) is 0.800. The van der Waals surface area contributed by atoms with Crippen molar-refractivity contribution in [2.45, 2.75) is 11.0 Å². The fourth-order valence-electron chi connectivity index (χ4n) is 2.15. The van der Waals surface area contributed by atoms with Gasteiger partial charge in [0, 0.05) is 36.8 Å². The molecule has 0 aliphatic carbocycles. The van der Waals surface area contributed by atoms with E-state index in [2.05, 4.69) is 5.32 Å². The molecule has 0 aliphatic rings. The molecule has 1 amide bonds. The van der Waals surface area contributed by atoms with E-state index in [1.54, 1.807) is 23.9 Å². The number of anilines is 1. The number of nitrogens with zero attached hydrogens (tertiary/aromatic N) is 1. The molecule has 0 radical (unpaired) electrons. The Kier molecular flexibility index (Phi) is 6.07. The third kappa shape index (κ3) is 4.74. The number of aliphatic hydroxyl groups is 1. The monoisotopic (exact) mass is 330 g/mol. The normalized spacial score (nSPS) is 11.8. The average molecular weight is 330 g/mol. The van der Waals surface area contributed by atoms with Crippen molar-refractivity contribution in [3.63, 3.8) is 0 Å². The van der Waals surface area contributed by atoms with Crippen molar-refractivity contribution in [3.8, 4) is 0 Å². The molecule has 0 saturated carbocycles. The molecule has 2 aromatic rings. The van der Waals surface area contributed by atoms with Crippen LogP contribution in [0.1, 0.15) is 22.0 Å². The molecule has 122 valence electrons. The number of benzene rings is 2. The van der Waals surface area contributed by atoms with Crippen LogP contribution in [0.15, 0.2) is 53.4 Å². The van der Waals surface area contributed by atoms with Gasteiger partial charge in [0.15, 0.2) is 0 Å². The second-order valence-corrected chi connectivity index (χ2v) is 6.32. The number of rotatable bonds is 6. The molecule has 2 aromatic carbocycles. The van der Waals surface area contributed by atoms with Crippen molar-refractivity contribution < 1.29 is 9.90 Å². The van der Waals surface area contributed by atoms with E-state index >= 15 is 0 Å². The van der Waals surface area contributed by atoms with Gasteiger partial charge < -0.3 is 15.3 Å². The summed E-state index contributed by atoms with van der Waals surface area (Å²) in [6, 6.07) is 15.0. The maximum absolute atomic E-state index is 12.1. The third-order valence-corrected chi connectivity index (χ3v) is 4.35. The Labute approximate surface area is 141 Å². The first-order valence-electron chi connectivity index (χ1n) is 7.39. The minimum atomic E-state index is -0.712. The third-order valence-electron chi connectivity index (χ3n) is 3.60. The Morgan fingerprint density at radius 3 is 2.26 bits per heavy atom. The molecule has 2 N–H and O–H groups in total. The molecular weight excluding hydrogens is 308 g/mol. The number of hydrogen-bond acceptors (Lipinski definition) is 4. The van der Waals surface area contributed by atoms with Crippen LogP contribution >= 0.6 is 11.8 Å². The number of carbonyl (C=O) groups is 1. The van der Waals surface area contributed by atoms with E-state index in [-0.39, 0.29) is 12.5 Å². The molecule has 0 saturated heterocycles. The molecule has 2 rings (SSSR count). The molecule has 1 unspecified atom stereocenters. The van der Waals surface area contributed by atoms with Gasteiger partial charge in [0.1, 0.15) is 0 Å². The fraction of sp³-hybridized carbons (Fsp3) is 0.278. The van der Waals surface area contributed by atoms with Gasteiger partial charge in [-0.1, -0.05) is 12.1 Å². The molecule has 0 fully saturated rings. The van der Waals surface area contributed by atoms with Gasteiger partial charge in [-0.25, -0.2) is 0 Å². The second-order valence-electron chi connectivity index (χ2n) is 5.44. The minimum absolute atomic E-state index is 0.185. The number of thioether (sulfide) groups is 1. The van der Waals surface area contributed by atoms with Gasteiger partial charge in [-0.05, 0) is 48.2 Å². The largest absolute Gasteiger partial charge is 0.387 e. The highest BCUT2D eigenvalue weighted by Gasteiger charge is 2.11. The summed E-state index contributed by atoms with van der Waals surface area (Å²) in [5, 5.41) is 12.9. The van der Waals surface area contributed by atoms with Gasteiger partial charge in [0.05, 0.1) is 6.10 Å². The average Bonchev–Trinajstić information content (AvgIpc) is 2.59. The number of hydrogen-bond donors (Lipinski definition) is 2. The summed E-state index contributed by atoms with van der Waals surface area (Å²) in [6.07, 6.45) is 1.30. The lowest BCUT2D eigenvalue weighted by Crippen LogP contribution is -2.28. The van der Waals surface area contributed by atoms with Gasteiger partial charge in [-0.15, -0.1) is 11.8 Å². The first-order chi connectivity index (χ1) is 11.0. The van der Waals surface area contributed by atoms with Crippen LogP contribution in [0.5, 0.6) is 0 Å². The Morgan fingerprint density at radius 1 is 1.13 bits per heavy atom. The van der Waals surface area contributed by atoms with Crippen molar-refractivity contribution in [1.29, 1.82) is 0 Å². The first-order valence-corrected chi connectivity index (χ1v) is 8.61. The topological polar surface area (TPSA) is 52.6 Å². The molecule has 0 spiro atoms. The molecule has 0 heterocycles. The molecule has 0 bridgehead atoms. The summed E-state index contributed by atoms with van der Waals surface area (Å²) in [5.74, 6) is -0.185. The maximum Gasteiger partial charge on any atom is 0.251 e. The summed E-state index contributed by atoms with van der Waals surface area (Å²) in [6.45, 7) is 0.187. The summed E-state index contributed by atoms with van der Waals surface area (Å²) in [4.78, 5) is 15.2. The van der Waals surface area contributed by atoms with E-state index in [0.29, 0.717) is 5.56 Å². The Bertz CT molecular complexity index is 639. The van der Waals surface area contributed by atoms with Crippen LogP contribution in [0.2, 0.25) is 0 Å². The molecule has 4 nitrogen and oxygen atoms in total. The smallest absolute Gasteiger partial charge is 0.251 e. The predicted molar refractivity (Wildman–Crippen MR) is 96.3 cm³/mol. The highest BCUT2D eigenvalue weighted by molar-refractivity contribution is 7.98. The van der Waals surface area contributed by atoms with E-state index in [0.717, 1.165) is 16.1 Å². The second kappa shape index (κ2) is 8.04. The Morgan fingerprint density at radius 2 is 1.74 bits per heavy atom. The van der Waals surface area contributed by atoms with Crippen LogP contribution in [0.3, 0.4) is 0 Å². The van der Waals surface area contributed by atoms with Crippen LogP contribution in [-0.2, 0) is 0 Å². The zero-order chi connectivity index (χ0) is 16.8. The maximum atomic E-state index is 12.1. The highest BCUT2D eigenvalue weighted by Crippen LogP contribution is 2.19. The molecule has 0 aliphatic heterocycles. The van der Waals surface area contributed by atoms with E-state index < -0.39 is 6.10 Å². The van der Waals surface area contributed by atoms with Gasteiger partial charge in [0.2, 0.25) is 0 Å². The van der Waals surface area contributed by atoms with Gasteiger partial charge in [-0.2, -0.15) is 0 Å². The Hall–Kier alpha value is -1.98. The van der Waals surface area contributed by atoms with Gasteiger partial charge in [-0.3, -0.25) is 4.79 Å². The predicted octanol–water partition coefficient (Wildman–Crippen LogP) is 2.94. The zero-order valence-electron chi connectivity index (χ0n) is 13.6. The summed E-state index contributed by atoms with van der Waals surface area (Å²) in [7, 11) is 3.90. The highest BCUT2D eigenvalue weighted by atomic mass is 32.2. The van der Waals surface area contributed by atoms with Crippen molar-refractivity contribution in [2.75, 3.05) is 31.8 Å². The molecule has 0 aromatic heterocycles. The summed E-state index contributed by atoms with van der Waals surface area (Å²) in [5.41, 5.74) is 2.42. The number of amides is 1. The van der Waals surface area contributed by atoms with Crippen molar-refractivity contribution in [2.24, 2.45) is 0 Å². The van der Waals surface area contributed by atoms with Crippen molar-refractivity contribution in [1.82, 2.24) is 5.32 Å². The number of aliphatic hydroxyl groups excluding tert-OH is 1. The number of carbonyl (C=O) groups excluding carboxylic acids is 1.